The molecule has 2 amide bonds. The van der Waals surface area contributed by atoms with Crippen molar-refractivity contribution in [1.29, 1.82) is 0 Å². The Labute approximate surface area is 273 Å². The van der Waals surface area contributed by atoms with Crippen LogP contribution in [0.2, 0.25) is 0 Å². The van der Waals surface area contributed by atoms with E-state index in [1.807, 2.05) is 54.0 Å². The van der Waals surface area contributed by atoms with Crippen LogP contribution in [0.4, 0.5) is 47.4 Å². The molecule has 252 valence electrons. The minimum atomic E-state index is -4.68. The van der Waals surface area contributed by atoms with Crippen LogP contribution in [-0.4, -0.2) is 81.0 Å². The van der Waals surface area contributed by atoms with E-state index < -0.39 is 17.6 Å². The van der Waals surface area contributed by atoms with Gasteiger partial charge >= 0.3 is 6.18 Å². The number of likely N-dealkylation sites (tertiary alicyclic amines) is 1. The van der Waals surface area contributed by atoms with Gasteiger partial charge in [0.1, 0.15) is 11.6 Å². The lowest BCUT2D eigenvalue weighted by molar-refractivity contribution is -0.137. The minimum Gasteiger partial charge on any atom is -0.495 e. The Balaban J connectivity index is 1.61. The average molecular weight is 654 g/mol. The third kappa shape index (κ3) is 9.16. The second kappa shape index (κ2) is 15.2. The van der Waals surface area contributed by atoms with Crippen LogP contribution in [0.3, 0.4) is 0 Å². The number of nitrogens with zero attached hydrogens (tertiary/aromatic N) is 4. The molecule has 47 heavy (non-hydrogen) atoms. The highest BCUT2D eigenvalue weighted by atomic mass is 19.4. The molecular formula is C34H42F3N7O3. The zero-order valence-electron chi connectivity index (χ0n) is 27.4. The summed E-state index contributed by atoms with van der Waals surface area (Å²) in [5.41, 5.74) is 1.86. The zero-order valence-corrected chi connectivity index (χ0v) is 27.4. The number of pyridine rings is 1. The highest BCUT2D eigenvalue weighted by Gasteiger charge is 2.34. The number of halogens is 3. The maximum atomic E-state index is 14.1. The fourth-order valence-electron chi connectivity index (χ4n) is 5.44. The number of nitrogens with one attached hydrogen (secondary N) is 3. The van der Waals surface area contributed by atoms with Gasteiger partial charge in [-0.1, -0.05) is 12.6 Å². The topological polar surface area (TPSA) is 102 Å². The number of piperidine rings is 1. The van der Waals surface area contributed by atoms with Crippen molar-refractivity contribution >= 4 is 46.1 Å². The highest BCUT2D eigenvalue weighted by Crippen LogP contribution is 2.40. The molecule has 10 nitrogen and oxygen atoms in total. The lowest BCUT2D eigenvalue weighted by Gasteiger charge is -2.31. The summed E-state index contributed by atoms with van der Waals surface area (Å²) in [6, 6.07) is 11.9. The van der Waals surface area contributed by atoms with Crippen molar-refractivity contribution in [3.05, 3.63) is 72.4 Å². The fourth-order valence-corrected chi connectivity index (χ4v) is 5.44. The predicted octanol–water partition coefficient (Wildman–Crippen LogP) is 6.44. The van der Waals surface area contributed by atoms with Gasteiger partial charge in [0.2, 0.25) is 11.8 Å². The molecule has 2 aromatic carbocycles. The van der Waals surface area contributed by atoms with Crippen molar-refractivity contribution in [3.63, 3.8) is 0 Å². The number of hydrogen-bond acceptors (Lipinski definition) is 8. The third-order valence-corrected chi connectivity index (χ3v) is 8.12. The molecule has 0 aliphatic carbocycles. The smallest absolute Gasteiger partial charge is 0.419 e. The number of ether oxygens (including phenoxy) is 1. The molecule has 0 spiro atoms. The van der Waals surface area contributed by atoms with Gasteiger partial charge in [-0.25, -0.2) is 4.98 Å². The number of anilines is 6. The van der Waals surface area contributed by atoms with E-state index in [1.54, 1.807) is 25.1 Å². The van der Waals surface area contributed by atoms with Crippen molar-refractivity contribution < 1.29 is 27.5 Å². The average Bonchev–Trinajstić information content (AvgIpc) is 3.03. The maximum Gasteiger partial charge on any atom is 0.419 e. The van der Waals surface area contributed by atoms with E-state index >= 15 is 0 Å². The SMILES string of the molecule is C=CC(=O)Nc1cc(Nc2cc(Nc3ccc(C4CCN(C(C)=O)CC4)cc3OC)ncc2C(F)(F)F)ccc1N(C)CCN(C)C. The molecule has 0 radical (unpaired) electrons. The third-order valence-electron chi connectivity index (χ3n) is 8.12. The number of likely N-dealkylation sites (N-methyl/N-ethyl adjacent to an activating group) is 2. The van der Waals surface area contributed by atoms with Gasteiger partial charge in [-0.05, 0) is 74.8 Å². The molecule has 13 heteroatoms. The van der Waals surface area contributed by atoms with E-state index in [4.69, 9.17) is 4.74 Å². The first kappa shape index (κ1) is 35.1. The quantitative estimate of drug-likeness (QED) is 0.192. The molecule has 1 aliphatic heterocycles. The molecule has 1 aliphatic rings. The van der Waals surface area contributed by atoms with Gasteiger partial charge in [0.05, 0.1) is 35.4 Å². The molecule has 0 saturated carbocycles. The summed E-state index contributed by atoms with van der Waals surface area (Å²) < 4.78 is 48.0. The number of methoxy groups -OCH3 is 1. The van der Waals surface area contributed by atoms with Crippen LogP contribution in [0.25, 0.3) is 0 Å². The Morgan fingerprint density at radius 3 is 2.36 bits per heavy atom. The number of rotatable bonds is 12. The van der Waals surface area contributed by atoms with Crippen molar-refractivity contribution in [3.8, 4) is 5.75 Å². The monoisotopic (exact) mass is 653 g/mol. The summed E-state index contributed by atoms with van der Waals surface area (Å²) in [5.74, 6) is 0.565. The van der Waals surface area contributed by atoms with Crippen LogP contribution in [0.1, 0.15) is 36.8 Å². The molecule has 0 unspecified atom stereocenters. The van der Waals surface area contributed by atoms with E-state index in [-0.39, 0.29) is 23.3 Å². The Kier molecular flexibility index (Phi) is 11.3. The molecule has 3 aromatic rings. The van der Waals surface area contributed by atoms with Gasteiger partial charge in [0.15, 0.2) is 0 Å². The summed E-state index contributed by atoms with van der Waals surface area (Å²) in [7, 11) is 7.30. The van der Waals surface area contributed by atoms with Gasteiger partial charge in [0, 0.05) is 58.1 Å². The summed E-state index contributed by atoms with van der Waals surface area (Å²) in [4.78, 5) is 33.8. The summed E-state index contributed by atoms with van der Waals surface area (Å²) in [5, 5.41) is 8.74. The van der Waals surface area contributed by atoms with E-state index in [2.05, 4.69) is 27.5 Å². The molecule has 1 fully saturated rings. The largest absolute Gasteiger partial charge is 0.495 e. The number of carbonyl (C=O) groups is 2. The predicted molar refractivity (Wildman–Crippen MR) is 180 cm³/mol. The van der Waals surface area contributed by atoms with Crippen molar-refractivity contribution in [2.45, 2.75) is 31.9 Å². The standard InChI is InChI=1S/C34H42F3N7O3/c1-7-33(46)41-29-19-25(9-11-30(29)43(5)17-16-42(3)4)39-28-20-32(38-21-26(28)34(35,36)37)40-27-10-8-24(18-31(27)47-6)23-12-14-44(15-13-23)22(2)45/h7-11,18-21,23H,1,12-17H2,2-6H3,(H,41,46)(H2,38,39,40). The Hall–Kier alpha value is -4.78. The number of benzene rings is 2. The first-order valence-electron chi connectivity index (χ1n) is 15.3. The summed E-state index contributed by atoms with van der Waals surface area (Å²) in [6.07, 6.45) is -1.12. The first-order valence-corrected chi connectivity index (χ1v) is 15.3. The molecule has 2 heterocycles. The van der Waals surface area contributed by atoms with E-state index in [0.717, 1.165) is 37.2 Å². The van der Waals surface area contributed by atoms with Gasteiger partial charge in [-0.3, -0.25) is 9.59 Å². The molecular weight excluding hydrogens is 611 g/mol. The normalized spacial score (nSPS) is 13.7. The Morgan fingerprint density at radius 2 is 1.74 bits per heavy atom. The number of alkyl halides is 3. The van der Waals surface area contributed by atoms with Crippen LogP contribution in [0.5, 0.6) is 5.75 Å². The number of carbonyl (C=O) groups excluding carboxylic acids is 2. The molecule has 1 saturated heterocycles. The van der Waals surface area contributed by atoms with Crippen LogP contribution in [0, 0.1) is 0 Å². The minimum absolute atomic E-state index is 0.0682. The molecule has 0 bridgehead atoms. The van der Waals surface area contributed by atoms with Gasteiger partial charge in [0.25, 0.3) is 0 Å². The van der Waals surface area contributed by atoms with E-state index in [0.29, 0.717) is 48.1 Å². The van der Waals surface area contributed by atoms with Gasteiger partial charge in [-0.2, -0.15) is 13.2 Å². The van der Waals surface area contributed by atoms with Crippen LogP contribution < -0.4 is 25.6 Å². The lowest BCUT2D eigenvalue weighted by Crippen LogP contribution is -2.36. The number of hydrogen-bond donors (Lipinski definition) is 3. The van der Waals surface area contributed by atoms with Gasteiger partial charge < -0.3 is 35.4 Å². The first-order chi connectivity index (χ1) is 22.3. The second-order valence-corrected chi connectivity index (χ2v) is 11.8. The molecule has 0 atom stereocenters. The lowest BCUT2D eigenvalue weighted by atomic mass is 9.89. The molecule has 1 aromatic heterocycles. The fraction of sp³-hybridized carbons (Fsp3) is 0.382. The van der Waals surface area contributed by atoms with E-state index in [1.165, 1.54) is 13.2 Å². The molecule has 4 rings (SSSR count). The van der Waals surface area contributed by atoms with Crippen molar-refractivity contribution in [1.82, 2.24) is 14.8 Å². The summed E-state index contributed by atoms with van der Waals surface area (Å²) >= 11 is 0. The Morgan fingerprint density at radius 1 is 1.02 bits per heavy atom. The summed E-state index contributed by atoms with van der Waals surface area (Å²) in [6.45, 7) is 7.85. The van der Waals surface area contributed by atoms with Crippen LogP contribution in [-0.2, 0) is 15.8 Å². The van der Waals surface area contributed by atoms with Gasteiger partial charge in [-0.15, -0.1) is 0 Å². The number of aromatic nitrogens is 1. The Bertz CT molecular complexity index is 1590. The zero-order chi connectivity index (χ0) is 34.3. The second-order valence-electron chi connectivity index (χ2n) is 11.8. The number of amides is 2. The van der Waals surface area contributed by atoms with Crippen molar-refractivity contribution in [2.24, 2.45) is 0 Å². The van der Waals surface area contributed by atoms with Crippen LogP contribution >= 0.6 is 0 Å². The molecule has 3 N–H and O–H groups in total. The van der Waals surface area contributed by atoms with Crippen molar-refractivity contribution in [2.75, 3.05) is 75.3 Å². The van der Waals surface area contributed by atoms with E-state index in [9.17, 15) is 22.8 Å². The highest BCUT2D eigenvalue weighted by molar-refractivity contribution is 6.01. The maximum absolute atomic E-state index is 14.1. The van der Waals surface area contributed by atoms with Crippen LogP contribution in [0.15, 0.2) is 61.3 Å².